The van der Waals surface area contributed by atoms with Crippen LogP contribution in [0.2, 0.25) is 0 Å². The quantitative estimate of drug-likeness (QED) is 0.253. The molecule has 2 amide bonds. The van der Waals surface area contributed by atoms with Gasteiger partial charge in [0.2, 0.25) is 11.8 Å². The topological polar surface area (TPSA) is 52.7 Å². The lowest BCUT2D eigenvalue weighted by Crippen LogP contribution is -2.42. The van der Waals surface area contributed by atoms with Crippen LogP contribution in [-0.4, -0.2) is 60.1 Å². The number of carbonyl (C=O) groups is 2. The fourth-order valence-corrected chi connectivity index (χ4v) is 8.71. The molecule has 1 saturated carbocycles. The summed E-state index contributed by atoms with van der Waals surface area (Å²) in [6.45, 7) is 10.9. The zero-order chi connectivity index (χ0) is 26.0. The van der Waals surface area contributed by atoms with E-state index in [1.165, 1.54) is 75.1 Å². The zero-order valence-corrected chi connectivity index (χ0v) is 24.5. The number of nitrogens with one attached hydrogen (secondary N) is 1. The van der Waals surface area contributed by atoms with Crippen molar-refractivity contribution in [1.29, 1.82) is 0 Å². The molecule has 1 aromatic heterocycles. The number of amides is 2. The predicted molar refractivity (Wildman–Crippen MR) is 157 cm³/mol. The highest BCUT2D eigenvalue weighted by Gasteiger charge is 2.35. The van der Waals surface area contributed by atoms with Crippen LogP contribution < -0.4 is 5.32 Å². The van der Waals surface area contributed by atoms with Gasteiger partial charge in [0.1, 0.15) is 0 Å². The highest BCUT2D eigenvalue weighted by atomic mass is 32.2. The summed E-state index contributed by atoms with van der Waals surface area (Å²) < 4.78 is 1.29. The molecule has 1 atom stereocenters. The van der Waals surface area contributed by atoms with Crippen molar-refractivity contribution < 1.29 is 9.59 Å². The van der Waals surface area contributed by atoms with E-state index in [-0.39, 0.29) is 11.8 Å². The molecule has 4 rings (SSSR count). The van der Waals surface area contributed by atoms with Gasteiger partial charge in [-0.1, -0.05) is 51.5 Å². The number of hydrogen-bond acceptors (Lipinski definition) is 5. The third-order valence-electron chi connectivity index (χ3n) is 8.67. The number of rotatable bonds is 10. The van der Waals surface area contributed by atoms with E-state index < -0.39 is 0 Å². The smallest absolute Gasteiger partial charge is 0.248 e. The van der Waals surface area contributed by atoms with Gasteiger partial charge in [-0.15, -0.1) is 23.1 Å². The number of thioether (sulfide) groups is 1. The summed E-state index contributed by atoms with van der Waals surface area (Å²) in [5.74, 6) is 2.95. The van der Waals surface area contributed by atoms with Gasteiger partial charge in [0.15, 0.2) is 0 Å². The Bertz CT molecular complexity index is 879. The summed E-state index contributed by atoms with van der Waals surface area (Å²) in [5.41, 5.74) is 0.622. The first-order chi connectivity index (χ1) is 18.0. The Morgan fingerprint density at radius 3 is 2.30 bits per heavy atom. The van der Waals surface area contributed by atoms with Crippen LogP contribution in [0.4, 0.5) is 5.00 Å². The van der Waals surface area contributed by atoms with Gasteiger partial charge in [0.25, 0.3) is 0 Å². The maximum absolute atomic E-state index is 13.2. The summed E-state index contributed by atoms with van der Waals surface area (Å²) in [6, 6.07) is 4.24. The molecule has 37 heavy (non-hydrogen) atoms. The highest BCUT2D eigenvalue weighted by molar-refractivity contribution is 8.01. The molecule has 0 aromatic carbocycles. The Morgan fingerprint density at radius 1 is 0.973 bits per heavy atom. The van der Waals surface area contributed by atoms with Crippen LogP contribution in [0.3, 0.4) is 0 Å². The molecule has 7 heteroatoms. The fraction of sp³-hybridized carbons (Fsp3) is 0.733. The van der Waals surface area contributed by atoms with E-state index in [1.54, 1.807) is 18.3 Å². The third-order valence-corrected chi connectivity index (χ3v) is 10.9. The molecule has 5 nitrogen and oxygen atoms in total. The van der Waals surface area contributed by atoms with Crippen LogP contribution in [0.15, 0.2) is 28.5 Å². The molecule has 1 unspecified atom stereocenters. The van der Waals surface area contributed by atoms with E-state index in [1.807, 2.05) is 16.7 Å². The molecule has 3 heterocycles. The molecule has 0 spiro atoms. The number of thiophene rings is 1. The molecule has 0 bridgehead atoms. The van der Waals surface area contributed by atoms with Crippen LogP contribution in [0.25, 0.3) is 0 Å². The molecule has 1 N–H and O–H groups in total. The van der Waals surface area contributed by atoms with Crippen molar-refractivity contribution in [3.63, 3.8) is 0 Å². The summed E-state index contributed by atoms with van der Waals surface area (Å²) in [6.07, 6.45) is 14.5. The Kier molecular flexibility index (Phi) is 11.4. The third kappa shape index (κ3) is 8.86. The minimum Gasteiger partial charge on any atom is -0.339 e. The molecule has 2 saturated heterocycles. The van der Waals surface area contributed by atoms with Crippen molar-refractivity contribution in [3.8, 4) is 0 Å². The van der Waals surface area contributed by atoms with Crippen LogP contribution >= 0.6 is 23.1 Å². The Morgan fingerprint density at radius 2 is 1.62 bits per heavy atom. The lowest BCUT2D eigenvalue weighted by atomic mass is 9.69. The number of anilines is 1. The normalized spacial score (nSPS) is 21.4. The standard InChI is InChI=1S/C30H47N3O2S2/c1-23(2)30(35)33-18-14-25(15-19-33)26(24-10-6-5-7-11-24)22-27(34)31-28-12-13-29(37-28)36-21-20-32-16-8-3-4-9-17-32/h12-13,24-26H,1,3-11,14-22H2,2H3,(H,31,34). The average molecular weight is 546 g/mol. The van der Waals surface area contributed by atoms with Crippen molar-refractivity contribution in [1.82, 2.24) is 9.80 Å². The molecule has 3 fully saturated rings. The predicted octanol–water partition coefficient (Wildman–Crippen LogP) is 7.06. The van der Waals surface area contributed by atoms with Crippen molar-refractivity contribution in [2.24, 2.45) is 17.8 Å². The van der Waals surface area contributed by atoms with Gasteiger partial charge >= 0.3 is 0 Å². The summed E-state index contributed by atoms with van der Waals surface area (Å²) in [5, 5.41) is 4.22. The second-order valence-corrected chi connectivity index (χ2v) is 13.9. The Balaban J connectivity index is 1.27. The molecular weight excluding hydrogens is 498 g/mol. The van der Waals surface area contributed by atoms with E-state index >= 15 is 0 Å². The molecule has 2 aliphatic heterocycles. The molecule has 0 radical (unpaired) electrons. The largest absolute Gasteiger partial charge is 0.339 e. The second kappa shape index (κ2) is 14.7. The number of carbonyl (C=O) groups excluding carboxylic acids is 2. The van der Waals surface area contributed by atoms with Gasteiger partial charge in [-0.3, -0.25) is 9.59 Å². The first kappa shape index (κ1) is 28.7. The first-order valence-corrected chi connectivity index (χ1v) is 16.5. The van der Waals surface area contributed by atoms with Crippen molar-refractivity contribution >= 4 is 39.9 Å². The van der Waals surface area contributed by atoms with E-state index in [4.69, 9.17) is 0 Å². The summed E-state index contributed by atoms with van der Waals surface area (Å²) in [7, 11) is 0. The molecule has 206 valence electrons. The maximum Gasteiger partial charge on any atom is 0.248 e. The molecule has 3 aliphatic rings. The fourth-order valence-electron chi connectivity index (χ4n) is 6.58. The van der Waals surface area contributed by atoms with Crippen LogP contribution in [0.1, 0.15) is 84.0 Å². The minimum atomic E-state index is 0.0863. The summed E-state index contributed by atoms with van der Waals surface area (Å²) >= 11 is 3.64. The number of nitrogens with zero attached hydrogens (tertiary/aromatic N) is 2. The molecular formula is C30H47N3O2S2. The second-order valence-electron chi connectivity index (χ2n) is 11.4. The molecule has 1 aromatic rings. The van der Waals surface area contributed by atoms with Gasteiger partial charge in [-0.2, -0.15) is 0 Å². The van der Waals surface area contributed by atoms with Gasteiger partial charge in [-0.05, 0) is 75.6 Å². The van der Waals surface area contributed by atoms with Crippen LogP contribution in [0.5, 0.6) is 0 Å². The number of likely N-dealkylation sites (tertiary alicyclic amines) is 2. The lowest BCUT2D eigenvalue weighted by molar-refractivity contribution is -0.129. The highest BCUT2D eigenvalue weighted by Crippen LogP contribution is 2.40. The Labute approximate surface area is 232 Å². The number of piperidine rings is 1. The van der Waals surface area contributed by atoms with Crippen molar-refractivity contribution in [3.05, 3.63) is 24.3 Å². The van der Waals surface area contributed by atoms with Crippen molar-refractivity contribution in [2.45, 2.75) is 88.2 Å². The molecule has 1 aliphatic carbocycles. The van der Waals surface area contributed by atoms with E-state index in [2.05, 4.69) is 28.9 Å². The van der Waals surface area contributed by atoms with Gasteiger partial charge in [0.05, 0.1) is 9.21 Å². The van der Waals surface area contributed by atoms with E-state index in [0.717, 1.165) is 43.2 Å². The number of hydrogen-bond donors (Lipinski definition) is 1. The first-order valence-electron chi connectivity index (χ1n) is 14.7. The maximum atomic E-state index is 13.2. The van der Waals surface area contributed by atoms with E-state index in [9.17, 15) is 9.59 Å². The summed E-state index contributed by atoms with van der Waals surface area (Å²) in [4.78, 5) is 30.2. The SMILES string of the molecule is C=C(C)C(=O)N1CCC(C(CC(=O)Nc2ccc(SCCN3CCCCCC3)s2)C2CCCCC2)CC1. The minimum absolute atomic E-state index is 0.0863. The zero-order valence-electron chi connectivity index (χ0n) is 22.8. The Hall–Kier alpha value is -1.31. The van der Waals surface area contributed by atoms with Crippen LogP contribution in [0, 0.1) is 17.8 Å². The van der Waals surface area contributed by atoms with Gasteiger partial charge in [0, 0.05) is 37.4 Å². The monoisotopic (exact) mass is 545 g/mol. The lowest BCUT2D eigenvalue weighted by Gasteiger charge is -2.40. The average Bonchev–Trinajstić information content (AvgIpc) is 3.18. The van der Waals surface area contributed by atoms with Crippen LogP contribution in [-0.2, 0) is 9.59 Å². The van der Waals surface area contributed by atoms with E-state index in [0.29, 0.717) is 29.7 Å². The van der Waals surface area contributed by atoms with Gasteiger partial charge < -0.3 is 15.1 Å². The van der Waals surface area contributed by atoms with Gasteiger partial charge in [-0.25, -0.2) is 0 Å². The van der Waals surface area contributed by atoms with Crippen molar-refractivity contribution in [2.75, 3.05) is 43.8 Å².